The Labute approximate surface area is 91.9 Å². The highest BCUT2D eigenvalue weighted by Crippen LogP contribution is 2.41. The third-order valence-electron chi connectivity index (χ3n) is 3.49. The van der Waals surface area contributed by atoms with E-state index >= 15 is 0 Å². The molecule has 0 N–H and O–H groups in total. The van der Waals surface area contributed by atoms with Gasteiger partial charge in [0.05, 0.1) is 0 Å². The van der Waals surface area contributed by atoms with E-state index in [1.54, 1.807) is 0 Å². The van der Waals surface area contributed by atoms with Crippen LogP contribution in [0.1, 0.15) is 19.3 Å². The third-order valence-corrected chi connectivity index (χ3v) is 3.49. The van der Waals surface area contributed by atoms with Crippen molar-refractivity contribution in [2.75, 3.05) is 20.1 Å². The maximum atomic E-state index is 6.05. The van der Waals surface area contributed by atoms with Crippen LogP contribution in [0.3, 0.4) is 0 Å². The number of allylic oxidation sites excluding steroid dienone is 2. The topological polar surface area (TPSA) is 12.5 Å². The summed E-state index contributed by atoms with van der Waals surface area (Å²) in [4.78, 5) is 2.36. The number of hydrogen-bond acceptors (Lipinski definition) is 2. The Morgan fingerprint density at radius 2 is 1.93 bits per heavy atom. The second-order valence-electron chi connectivity index (χ2n) is 4.56. The molecule has 2 heteroatoms. The van der Waals surface area contributed by atoms with Crippen LogP contribution < -0.4 is 0 Å². The zero-order valence-corrected chi connectivity index (χ0v) is 9.46. The highest BCUT2D eigenvalue weighted by Gasteiger charge is 2.41. The van der Waals surface area contributed by atoms with Crippen LogP contribution >= 0.6 is 0 Å². The molecule has 0 aromatic heterocycles. The fourth-order valence-electron chi connectivity index (χ4n) is 2.42. The van der Waals surface area contributed by atoms with E-state index in [9.17, 15) is 0 Å². The zero-order chi connectivity index (χ0) is 10.9. The molecule has 2 rings (SSSR count). The minimum absolute atomic E-state index is 0.0412. The Bertz CT molecular complexity index is 286. The fraction of sp³-hybridized carbons (Fsp3) is 0.538. The van der Waals surface area contributed by atoms with Crippen molar-refractivity contribution in [1.29, 1.82) is 0 Å². The van der Waals surface area contributed by atoms with Gasteiger partial charge in [0, 0.05) is 32.4 Å². The summed E-state index contributed by atoms with van der Waals surface area (Å²) in [6.07, 6.45) is 6.94. The van der Waals surface area contributed by atoms with Gasteiger partial charge < -0.3 is 9.64 Å². The van der Waals surface area contributed by atoms with E-state index in [0.717, 1.165) is 38.1 Å². The monoisotopic (exact) mass is 205 g/mol. The quantitative estimate of drug-likeness (QED) is 0.686. The maximum absolute atomic E-state index is 6.05. The van der Waals surface area contributed by atoms with Crippen LogP contribution in [-0.4, -0.2) is 30.6 Å². The third kappa shape index (κ3) is 1.86. The van der Waals surface area contributed by atoms with Gasteiger partial charge in [-0.25, -0.2) is 0 Å². The molecule has 1 fully saturated rings. The van der Waals surface area contributed by atoms with Gasteiger partial charge in [-0.05, 0) is 18.7 Å². The first-order valence-corrected chi connectivity index (χ1v) is 5.55. The average Bonchev–Trinajstić information content (AvgIpc) is 2.62. The lowest BCUT2D eigenvalue weighted by atomic mass is 9.87. The summed E-state index contributed by atoms with van der Waals surface area (Å²) in [7, 11) is 2.16. The molecule has 0 bridgehead atoms. The number of nitrogens with zero attached hydrogens (tertiary/aromatic N) is 1. The molecule has 0 unspecified atom stereocenters. The van der Waals surface area contributed by atoms with E-state index in [4.69, 9.17) is 4.74 Å². The van der Waals surface area contributed by atoms with Gasteiger partial charge in [-0.1, -0.05) is 19.2 Å². The predicted molar refractivity (Wildman–Crippen MR) is 62.6 cm³/mol. The summed E-state index contributed by atoms with van der Waals surface area (Å²) in [5, 5.41) is 0. The summed E-state index contributed by atoms with van der Waals surface area (Å²) in [5.74, 6) is 0.939. The van der Waals surface area contributed by atoms with Crippen molar-refractivity contribution >= 4 is 0 Å². The Hall–Kier alpha value is -1.02. The lowest BCUT2D eigenvalue weighted by Gasteiger charge is -2.37. The van der Waals surface area contributed by atoms with Crippen molar-refractivity contribution in [2.24, 2.45) is 0 Å². The first kappa shape index (κ1) is 10.5. The highest BCUT2D eigenvalue weighted by atomic mass is 16.5. The van der Waals surface area contributed by atoms with Gasteiger partial charge in [-0.15, -0.1) is 0 Å². The molecule has 82 valence electrons. The second kappa shape index (κ2) is 3.86. The Morgan fingerprint density at radius 3 is 2.40 bits per heavy atom. The number of piperidine rings is 1. The van der Waals surface area contributed by atoms with Gasteiger partial charge in [-0.2, -0.15) is 0 Å². The minimum atomic E-state index is 0.0412. The maximum Gasteiger partial charge on any atom is 0.122 e. The van der Waals surface area contributed by atoms with Crippen molar-refractivity contribution in [2.45, 2.75) is 24.9 Å². The van der Waals surface area contributed by atoms with Crippen molar-refractivity contribution in [3.8, 4) is 0 Å². The van der Waals surface area contributed by atoms with Crippen molar-refractivity contribution in [1.82, 2.24) is 4.90 Å². The number of rotatable bonds is 2. The van der Waals surface area contributed by atoms with E-state index in [2.05, 4.69) is 25.1 Å². The molecule has 0 amide bonds. The molecular formula is C13H19NO. The first-order chi connectivity index (χ1) is 7.19. The van der Waals surface area contributed by atoms with E-state index in [1.807, 2.05) is 12.2 Å². The number of hydrogen-bond donors (Lipinski definition) is 0. The van der Waals surface area contributed by atoms with Crippen molar-refractivity contribution in [3.05, 3.63) is 36.6 Å². The smallest absolute Gasteiger partial charge is 0.122 e. The van der Waals surface area contributed by atoms with Gasteiger partial charge in [-0.3, -0.25) is 0 Å². The van der Waals surface area contributed by atoms with Gasteiger partial charge in [0.15, 0.2) is 0 Å². The van der Waals surface area contributed by atoms with E-state index in [-0.39, 0.29) is 5.60 Å². The van der Waals surface area contributed by atoms with Crippen molar-refractivity contribution < 1.29 is 4.74 Å². The van der Waals surface area contributed by atoms with Gasteiger partial charge in [0.1, 0.15) is 11.4 Å². The predicted octanol–water partition coefficient (Wildman–Crippen LogP) is 2.50. The molecule has 2 aliphatic rings. The summed E-state index contributed by atoms with van der Waals surface area (Å²) >= 11 is 0. The Kier molecular flexibility index (Phi) is 2.70. The molecule has 0 aliphatic carbocycles. The molecule has 0 aromatic carbocycles. The normalized spacial score (nSPS) is 25.4. The van der Waals surface area contributed by atoms with Gasteiger partial charge in [0.2, 0.25) is 0 Å². The molecule has 0 aromatic rings. The van der Waals surface area contributed by atoms with E-state index in [0.29, 0.717) is 0 Å². The molecule has 2 nitrogen and oxygen atoms in total. The van der Waals surface area contributed by atoms with Crippen LogP contribution in [0.15, 0.2) is 36.6 Å². The largest absolute Gasteiger partial charge is 0.487 e. The zero-order valence-electron chi connectivity index (χ0n) is 9.46. The van der Waals surface area contributed by atoms with Crippen LogP contribution in [0.5, 0.6) is 0 Å². The molecule has 0 saturated carbocycles. The van der Waals surface area contributed by atoms with Gasteiger partial charge in [0.25, 0.3) is 0 Å². The molecule has 15 heavy (non-hydrogen) atoms. The average molecular weight is 205 g/mol. The molecule has 0 radical (unpaired) electrons. The van der Waals surface area contributed by atoms with Crippen molar-refractivity contribution in [3.63, 3.8) is 0 Å². The molecule has 2 aliphatic heterocycles. The summed E-state index contributed by atoms with van der Waals surface area (Å²) in [6, 6.07) is 0. The summed E-state index contributed by atoms with van der Waals surface area (Å²) < 4.78 is 6.05. The Morgan fingerprint density at radius 1 is 1.27 bits per heavy atom. The van der Waals surface area contributed by atoms with Crippen LogP contribution in [0.4, 0.5) is 0 Å². The van der Waals surface area contributed by atoms with Crippen LogP contribution in [0.25, 0.3) is 0 Å². The minimum Gasteiger partial charge on any atom is -0.487 e. The van der Waals surface area contributed by atoms with E-state index < -0.39 is 0 Å². The second-order valence-corrected chi connectivity index (χ2v) is 4.56. The fourth-order valence-corrected chi connectivity index (χ4v) is 2.42. The van der Waals surface area contributed by atoms with E-state index in [1.165, 1.54) is 5.57 Å². The van der Waals surface area contributed by atoms with Gasteiger partial charge >= 0.3 is 0 Å². The van der Waals surface area contributed by atoms with Crippen LogP contribution in [-0.2, 0) is 4.74 Å². The molecule has 1 spiro atoms. The lowest BCUT2D eigenvalue weighted by Crippen LogP contribution is -2.42. The SMILES string of the molecule is C=CC1=C(C=C)OC2(CCN(C)CC2)C1. The van der Waals surface area contributed by atoms with Crippen LogP contribution in [0, 0.1) is 0 Å². The summed E-state index contributed by atoms with van der Waals surface area (Å²) in [5.41, 5.74) is 1.26. The summed E-state index contributed by atoms with van der Waals surface area (Å²) in [6.45, 7) is 9.87. The lowest BCUT2D eigenvalue weighted by molar-refractivity contribution is -0.0190. The molecule has 0 atom stereocenters. The highest BCUT2D eigenvalue weighted by molar-refractivity contribution is 5.33. The molecule has 2 heterocycles. The molecular weight excluding hydrogens is 186 g/mol. The molecule has 1 saturated heterocycles. The first-order valence-electron chi connectivity index (χ1n) is 5.55. The Balaban J connectivity index is 2.10. The standard InChI is InChI=1S/C13H19NO/c1-4-11-10-13(15-12(11)5-2)6-8-14(3)9-7-13/h4-5H,1-2,6-10H2,3H3. The number of ether oxygens (including phenoxy) is 1. The van der Waals surface area contributed by atoms with Crippen LogP contribution in [0.2, 0.25) is 0 Å². The number of likely N-dealkylation sites (tertiary alicyclic amines) is 1.